The molecule has 4 rings (SSSR count). The van der Waals surface area contributed by atoms with Crippen molar-refractivity contribution >= 4 is 34.2 Å². The van der Waals surface area contributed by atoms with Crippen LogP contribution in [0.1, 0.15) is 49.0 Å². The van der Waals surface area contributed by atoms with E-state index in [1.54, 1.807) is 35.1 Å². The Bertz CT molecular complexity index is 1250. The molecule has 0 saturated carbocycles. The number of fused-ring (bicyclic) bond motifs is 1. The number of aromatic nitrogens is 3. The first-order chi connectivity index (χ1) is 16.1. The van der Waals surface area contributed by atoms with Gasteiger partial charge in [-0.3, -0.25) is 4.79 Å². The molecule has 3 aromatic carbocycles. The van der Waals surface area contributed by atoms with Crippen molar-refractivity contribution in [1.82, 2.24) is 15.0 Å². The largest absolute Gasteiger partial charge is 0.494 e. The molecule has 0 saturated heterocycles. The summed E-state index contributed by atoms with van der Waals surface area (Å²) in [5.74, 6) is 0.392. The molecular formula is C26H27ClN4O2. The first-order valence-electron chi connectivity index (χ1n) is 11.3. The highest BCUT2D eigenvalue weighted by Crippen LogP contribution is 2.28. The van der Waals surface area contributed by atoms with E-state index in [2.05, 4.69) is 34.6 Å². The van der Waals surface area contributed by atoms with Crippen LogP contribution in [-0.2, 0) is 6.42 Å². The van der Waals surface area contributed by atoms with Crippen molar-refractivity contribution in [2.75, 3.05) is 11.9 Å². The number of hydrogen-bond acceptors (Lipinski definition) is 4. The number of hydrogen-bond donors (Lipinski definition) is 1. The minimum Gasteiger partial charge on any atom is -0.494 e. The number of benzene rings is 3. The zero-order chi connectivity index (χ0) is 23.2. The number of rotatable bonds is 9. The second-order valence-corrected chi connectivity index (χ2v) is 8.32. The maximum atomic E-state index is 12.8. The van der Waals surface area contributed by atoms with Crippen molar-refractivity contribution < 1.29 is 9.53 Å². The van der Waals surface area contributed by atoms with Gasteiger partial charge in [0, 0.05) is 5.56 Å². The number of nitrogens with zero attached hydrogens (tertiary/aromatic N) is 3. The van der Waals surface area contributed by atoms with Gasteiger partial charge in [0.05, 0.1) is 23.0 Å². The van der Waals surface area contributed by atoms with Crippen molar-refractivity contribution in [2.45, 2.75) is 39.5 Å². The topological polar surface area (TPSA) is 69.0 Å². The van der Waals surface area contributed by atoms with E-state index in [1.807, 2.05) is 25.1 Å². The Kier molecular flexibility index (Phi) is 7.25. The van der Waals surface area contributed by atoms with Crippen LogP contribution >= 0.6 is 11.6 Å². The molecule has 33 heavy (non-hydrogen) atoms. The fraction of sp³-hybridized carbons (Fsp3) is 0.269. The second kappa shape index (κ2) is 10.5. The minimum atomic E-state index is -0.270. The van der Waals surface area contributed by atoms with E-state index in [4.69, 9.17) is 16.3 Å². The van der Waals surface area contributed by atoms with Crippen LogP contribution in [0, 0.1) is 0 Å². The fourth-order valence-corrected chi connectivity index (χ4v) is 3.67. The van der Waals surface area contributed by atoms with E-state index in [-0.39, 0.29) is 5.91 Å². The molecule has 1 aromatic heterocycles. The van der Waals surface area contributed by atoms with Crippen LogP contribution in [0.5, 0.6) is 5.75 Å². The third-order valence-electron chi connectivity index (χ3n) is 5.27. The highest BCUT2D eigenvalue weighted by atomic mass is 35.5. The van der Waals surface area contributed by atoms with Gasteiger partial charge in [-0.25, -0.2) is 0 Å². The number of nitrogens with one attached hydrogen (secondary N) is 1. The van der Waals surface area contributed by atoms with E-state index >= 15 is 0 Å². The number of carbonyl (C=O) groups excluding carboxylic acids is 1. The van der Waals surface area contributed by atoms with Gasteiger partial charge in [0.25, 0.3) is 5.91 Å². The smallest absolute Gasteiger partial charge is 0.255 e. The lowest BCUT2D eigenvalue weighted by Gasteiger charge is -2.09. The predicted octanol–water partition coefficient (Wildman–Crippen LogP) is 6.46. The Hall–Kier alpha value is -3.38. The van der Waals surface area contributed by atoms with Crippen LogP contribution in [0.3, 0.4) is 0 Å². The summed E-state index contributed by atoms with van der Waals surface area (Å²) in [6, 6.07) is 18.8. The molecule has 4 aromatic rings. The number of carbonyl (C=O) groups is 1. The summed E-state index contributed by atoms with van der Waals surface area (Å²) in [6.07, 6.45) is 4.31. The van der Waals surface area contributed by atoms with Crippen LogP contribution in [0.4, 0.5) is 5.69 Å². The lowest BCUT2D eigenvalue weighted by molar-refractivity contribution is 0.102. The summed E-state index contributed by atoms with van der Waals surface area (Å²) >= 11 is 6.44. The highest BCUT2D eigenvalue weighted by Gasteiger charge is 2.13. The van der Waals surface area contributed by atoms with Gasteiger partial charge in [-0.1, -0.05) is 50.1 Å². The first kappa shape index (κ1) is 22.8. The molecule has 0 aliphatic heterocycles. The van der Waals surface area contributed by atoms with Gasteiger partial charge in [-0.15, -0.1) is 10.2 Å². The highest BCUT2D eigenvalue weighted by molar-refractivity contribution is 6.34. The number of aryl methyl sites for hydroxylation is 1. The SMILES string of the molecule is CCCCc1ccc(-n2nc3cc(Cl)c(NC(=O)c4cccc(OCCC)c4)cc3n2)cc1. The molecule has 0 unspecified atom stereocenters. The molecule has 6 nitrogen and oxygen atoms in total. The van der Waals surface area contributed by atoms with Crippen molar-refractivity contribution in [1.29, 1.82) is 0 Å². The summed E-state index contributed by atoms with van der Waals surface area (Å²) in [7, 11) is 0. The van der Waals surface area contributed by atoms with Crippen molar-refractivity contribution in [2.24, 2.45) is 0 Å². The molecule has 0 fully saturated rings. The average molecular weight is 463 g/mol. The Morgan fingerprint density at radius 3 is 2.48 bits per heavy atom. The molecule has 0 spiro atoms. The Morgan fingerprint density at radius 2 is 1.76 bits per heavy atom. The maximum Gasteiger partial charge on any atom is 0.255 e. The molecule has 0 atom stereocenters. The number of anilines is 1. The van der Waals surface area contributed by atoms with Gasteiger partial charge in [-0.05, 0) is 67.3 Å². The minimum absolute atomic E-state index is 0.270. The maximum absolute atomic E-state index is 12.8. The lowest BCUT2D eigenvalue weighted by Crippen LogP contribution is -2.12. The zero-order valence-corrected chi connectivity index (χ0v) is 19.6. The van der Waals surface area contributed by atoms with E-state index in [1.165, 1.54) is 18.4 Å². The third kappa shape index (κ3) is 5.52. The normalized spacial score (nSPS) is 11.0. The zero-order valence-electron chi connectivity index (χ0n) is 18.8. The second-order valence-electron chi connectivity index (χ2n) is 7.91. The van der Waals surface area contributed by atoms with Crippen LogP contribution in [0.15, 0.2) is 60.7 Å². The van der Waals surface area contributed by atoms with Gasteiger partial charge in [0.15, 0.2) is 0 Å². The number of unbranched alkanes of at least 4 members (excludes halogenated alkanes) is 1. The number of halogens is 1. The standard InChI is InChI=1S/C26H27ClN4O2/c1-3-5-7-18-10-12-20(13-11-18)31-29-24-16-22(27)23(17-25(24)30-31)28-26(32)19-8-6-9-21(15-19)33-14-4-2/h6,8-13,15-17H,3-5,7,14H2,1-2H3,(H,28,32). The summed E-state index contributed by atoms with van der Waals surface area (Å²) < 4.78 is 5.62. The molecule has 0 bridgehead atoms. The van der Waals surface area contributed by atoms with E-state index in [0.29, 0.717) is 39.7 Å². The number of amides is 1. The summed E-state index contributed by atoms with van der Waals surface area (Å²) in [5.41, 5.74) is 4.45. The molecule has 1 amide bonds. The molecular weight excluding hydrogens is 436 g/mol. The summed E-state index contributed by atoms with van der Waals surface area (Å²) in [6.45, 7) is 4.83. The van der Waals surface area contributed by atoms with Gasteiger partial charge >= 0.3 is 0 Å². The number of ether oxygens (including phenoxy) is 1. The Morgan fingerprint density at radius 1 is 1.00 bits per heavy atom. The van der Waals surface area contributed by atoms with Crippen LogP contribution in [0.2, 0.25) is 5.02 Å². The van der Waals surface area contributed by atoms with Crippen LogP contribution in [-0.4, -0.2) is 27.5 Å². The van der Waals surface area contributed by atoms with E-state index in [0.717, 1.165) is 18.5 Å². The fourth-order valence-electron chi connectivity index (χ4n) is 3.47. The van der Waals surface area contributed by atoms with E-state index < -0.39 is 0 Å². The van der Waals surface area contributed by atoms with E-state index in [9.17, 15) is 4.79 Å². The van der Waals surface area contributed by atoms with Crippen LogP contribution < -0.4 is 10.1 Å². The quantitative estimate of drug-likeness (QED) is 0.310. The van der Waals surface area contributed by atoms with Gasteiger partial charge in [0.1, 0.15) is 16.8 Å². The van der Waals surface area contributed by atoms with Crippen LogP contribution in [0.25, 0.3) is 16.7 Å². The Balaban J connectivity index is 1.54. The molecule has 0 radical (unpaired) electrons. The van der Waals surface area contributed by atoms with Gasteiger partial charge in [0.2, 0.25) is 0 Å². The van der Waals surface area contributed by atoms with Crippen molar-refractivity contribution in [3.05, 3.63) is 76.8 Å². The molecule has 1 heterocycles. The molecule has 1 N–H and O–H groups in total. The Labute approximate surface area is 198 Å². The summed E-state index contributed by atoms with van der Waals surface area (Å²) in [4.78, 5) is 14.4. The molecule has 7 heteroatoms. The lowest BCUT2D eigenvalue weighted by atomic mass is 10.1. The molecule has 0 aliphatic carbocycles. The predicted molar refractivity (Wildman–Crippen MR) is 133 cm³/mol. The monoisotopic (exact) mass is 462 g/mol. The van der Waals surface area contributed by atoms with Gasteiger partial charge < -0.3 is 10.1 Å². The molecule has 170 valence electrons. The van der Waals surface area contributed by atoms with Gasteiger partial charge in [-0.2, -0.15) is 4.80 Å². The average Bonchev–Trinajstić information content (AvgIpc) is 3.24. The van der Waals surface area contributed by atoms with Crippen molar-refractivity contribution in [3.8, 4) is 11.4 Å². The third-order valence-corrected chi connectivity index (χ3v) is 5.59. The molecule has 0 aliphatic rings. The summed E-state index contributed by atoms with van der Waals surface area (Å²) in [5, 5.41) is 12.4. The van der Waals surface area contributed by atoms with Crippen molar-refractivity contribution in [3.63, 3.8) is 0 Å². The first-order valence-corrected chi connectivity index (χ1v) is 11.6.